The SMILES string of the molecule is CCC(CCO)Nc1ccc(S(=O)(=O)N(C)C)cc1N. The monoisotopic (exact) mass is 301 g/mol. The van der Waals surface area contributed by atoms with Crippen LogP contribution in [0.25, 0.3) is 0 Å². The zero-order chi connectivity index (χ0) is 15.3. The van der Waals surface area contributed by atoms with Gasteiger partial charge >= 0.3 is 0 Å². The molecular weight excluding hydrogens is 278 g/mol. The summed E-state index contributed by atoms with van der Waals surface area (Å²) in [6, 6.07) is 4.74. The van der Waals surface area contributed by atoms with Gasteiger partial charge in [0.2, 0.25) is 10.0 Å². The van der Waals surface area contributed by atoms with Gasteiger partial charge in [-0.2, -0.15) is 0 Å². The van der Waals surface area contributed by atoms with Crippen LogP contribution in [0, 0.1) is 0 Å². The number of nitrogen functional groups attached to an aromatic ring is 1. The normalized spacial score (nSPS) is 13.4. The van der Waals surface area contributed by atoms with Gasteiger partial charge in [0.25, 0.3) is 0 Å². The number of anilines is 2. The topological polar surface area (TPSA) is 95.7 Å². The number of hydrogen-bond donors (Lipinski definition) is 3. The quantitative estimate of drug-likeness (QED) is 0.655. The van der Waals surface area contributed by atoms with Crippen molar-refractivity contribution in [3.05, 3.63) is 18.2 Å². The van der Waals surface area contributed by atoms with Gasteiger partial charge in [-0.3, -0.25) is 0 Å². The summed E-state index contributed by atoms with van der Waals surface area (Å²) in [5.41, 5.74) is 6.97. The molecule has 1 unspecified atom stereocenters. The van der Waals surface area contributed by atoms with Gasteiger partial charge < -0.3 is 16.2 Å². The van der Waals surface area contributed by atoms with Crippen LogP contribution in [0.3, 0.4) is 0 Å². The highest BCUT2D eigenvalue weighted by Crippen LogP contribution is 2.25. The van der Waals surface area contributed by atoms with E-state index in [1.807, 2.05) is 6.92 Å². The molecule has 0 aliphatic carbocycles. The molecule has 0 aliphatic heterocycles. The van der Waals surface area contributed by atoms with Gasteiger partial charge in [0.15, 0.2) is 0 Å². The maximum absolute atomic E-state index is 12.0. The zero-order valence-electron chi connectivity index (χ0n) is 12.1. The van der Waals surface area contributed by atoms with Crippen molar-refractivity contribution < 1.29 is 13.5 Å². The molecule has 1 aromatic rings. The minimum absolute atomic E-state index is 0.0957. The lowest BCUT2D eigenvalue weighted by Crippen LogP contribution is -2.23. The second kappa shape index (κ2) is 6.92. The predicted octanol–water partition coefficient (Wildman–Crippen LogP) is 1.09. The Bertz CT molecular complexity index is 544. The zero-order valence-corrected chi connectivity index (χ0v) is 12.9. The fourth-order valence-electron chi connectivity index (χ4n) is 1.80. The molecule has 0 spiro atoms. The number of aliphatic hydroxyl groups excluding tert-OH is 1. The van der Waals surface area contributed by atoms with Crippen LogP contribution in [0.2, 0.25) is 0 Å². The maximum Gasteiger partial charge on any atom is 0.242 e. The van der Waals surface area contributed by atoms with E-state index in [9.17, 15) is 8.42 Å². The lowest BCUT2D eigenvalue weighted by atomic mass is 10.1. The first kappa shape index (κ1) is 16.7. The summed E-state index contributed by atoms with van der Waals surface area (Å²) in [7, 11) is -0.518. The molecule has 0 saturated heterocycles. The molecule has 7 heteroatoms. The molecular formula is C13H23N3O3S. The third-order valence-corrected chi connectivity index (χ3v) is 4.94. The van der Waals surface area contributed by atoms with Crippen molar-refractivity contribution in [1.29, 1.82) is 0 Å². The Morgan fingerprint density at radius 1 is 1.40 bits per heavy atom. The fraction of sp³-hybridized carbons (Fsp3) is 0.538. The van der Waals surface area contributed by atoms with Crippen LogP contribution in [0.5, 0.6) is 0 Å². The number of nitrogens with two attached hydrogens (primary N) is 1. The van der Waals surface area contributed by atoms with Crippen LogP contribution in [0.15, 0.2) is 23.1 Å². The van der Waals surface area contributed by atoms with E-state index in [4.69, 9.17) is 10.8 Å². The molecule has 0 bridgehead atoms. The van der Waals surface area contributed by atoms with Crippen molar-refractivity contribution >= 4 is 21.4 Å². The third kappa shape index (κ3) is 3.84. The Balaban J connectivity index is 3.00. The van der Waals surface area contributed by atoms with Crippen molar-refractivity contribution in [3.63, 3.8) is 0 Å². The second-order valence-corrected chi connectivity index (χ2v) is 6.95. The summed E-state index contributed by atoms with van der Waals surface area (Å²) in [6.07, 6.45) is 1.46. The molecule has 0 fully saturated rings. The minimum atomic E-state index is -3.47. The summed E-state index contributed by atoms with van der Waals surface area (Å²) >= 11 is 0. The summed E-state index contributed by atoms with van der Waals surface area (Å²) in [4.78, 5) is 0.167. The van der Waals surface area contributed by atoms with Crippen molar-refractivity contribution in [3.8, 4) is 0 Å². The first-order valence-corrected chi connectivity index (χ1v) is 7.96. The lowest BCUT2D eigenvalue weighted by molar-refractivity contribution is 0.278. The number of rotatable bonds is 7. The van der Waals surface area contributed by atoms with Crippen molar-refractivity contribution in [2.75, 3.05) is 31.8 Å². The molecule has 4 N–H and O–H groups in total. The number of nitrogens with one attached hydrogen (secondary N) is 1. The molecule has 114 valence electrons. The molecule has 0 aromatic heterocycles. The van der Waals surface area contributed by atoms with Gasteiger partial charge in [-0.1, -0.05) is 6.92 Å². The number of aliphatic hydroxyl groups is 1. The molecule has 0 aliphatic rings. The Labute approximate surface area is 120 Å². The van der Waals surface area contributed by atoms with E-state index < -0.39 is 10.0 Å². The van der Waals surface area contributed by atoms with Crippen molar-refractivity contribution in [2.45, 2.75) is 30.7 Å². The van der Waals surface area contributed by atoms with Crippen LogP contribution >= 0.6 is 0 Å². The average Bonchev–Trinajstić information content (AvgIpc) is 2.39. The van der Waals surface area contributed by atoms with Gasteiger partial charge in [-0.15, -0.1) is 0 Å². The molecule has 0 saturated carbocycles. The Morgan fingerprint density at radius 2 is 2.05 bits per heavy atom. The summed E-state index contributed by atoms with van der Waals surface area (Å²) in [5, 5.41) is 12.2. The standard InChI is InChI=1S/C13H23N3O3S/c1-4-10(7-8-17)15-13-6-5-11(9-12(13)14)20(18,19)16(2)3/h5-6,9-10,15,17H,4,7-8,14H2,1-3H3. The Hall–Kier alpha value is -1.31. The van der Waals surface area contributed by atoms with Gasteiger partial charge in [0.05, 0.1) is 16.3 Å². The fourth-order valence-corrected chi connectivity index (χ4v) is 2.74. The number of nitrogens with zero attached hydrogens (tertiary/aromatic N) is 1. The molecule has 6 nitrogen and oxygen atoms in total. The van der Waals surface area contributed by atoms with Gasteiger partial charge in [-0.05, 0) is 31.0 Å². The smallest absolute Gasteiger partial charge is 0.242 e. The first-order chi connectivity index (χ1) is 9.32. The summed E-state index contributed by atoms with van der Waals surface area (Å²) in [6.45, 7) is 2.10. The van der Waals surface area contributed by atoms with Crippen LogP contribution in [0.4, 0.5) is 11.4 Å². The van der Waals surface area contributed by atoms with Gasteiger partial charge in [0.1, 0.15) is 0 Å². The minimum Gasteiger partial charge on any atom is -0.397 e. The van der Waals surface area contributed by atoms with Crippen LogP contribution in [0.1, 0.15) is 19.8 Å². The molecule has 1 atom stereocenters. The third-order valence-electron chi connectivity index (χ3n) is 3.13. The van der Waals surface area contributed by atoms with Crippen LogP contribution in [-0.2, 0) is 10.0 Å². The highest BCUT2D eigenvalue weighted by molar-refractivity contribution is 7.89. The van der Waals surface area contributed by atoms with E-state index in [1.165, 1.54) is 26.2 Å². The Morgan fingerprint density at radius 3 is 2.50 bits per heavy atom. The molecule has 1 aromatic carbocycles. The average molecular weight is 301 g/mol. The maximum atomic E-state index is 12.0. The number of hydrogen-bond acceptors (Lipinski definition) is 5. The van der Waals surface area contributed by atoms with Crippen molar-refractivity contribution in [2.24, 2.45) is 0 Å². The molecule has 0 radical (unpaired) electrons. The van der Waals surface area contributed by atoms with Crippen molar-refractivity contribution in [1.82, 2.24) is 4.31 Å². The van der Waals surface area contributed by atoms with Gasteiger partial charge in [0, 0.05) is 26.7 Å². The van der Waals surface area contributed by atoms with E-state index >= 15 is 0 Å². The summed E-state index contributed by atoms with van der Waals surface area (Å²) < 4.78 is 25.1. The molecule has 1 rings (SSSR count). The largest absolute Gasteiger partial charge is 0.397 e. The van der Waals surface area contributed by atoms with Gasteiger partial charge in [-0.25, -0.2) is 12.7 Å². The second-order valence-electron chi connectivity index (χ2n) is 4.80. The Kier molecular flexibility index (Phi) is 5.79. The van der Waals surface area contributed by atoms with E-state index in [2.05, 4.69) is 5.32 Å². The predicted molar refractivity (Wildman–Crippen MR) is 81.1 cm³/mol. The highest BCUT2D eigenvalue weighted by Gasteiger charge is 2.18. The van der Waals surface area contributed by atoms with E-state index in [0.29, 0.717) is 17.8 Å². The van der Waals surface area contributed by atoms with E-state index in [0.717, 1.165) is 10.7 Å². The summed E-state index contributed by atoms with van der Waals surface area (Å²) in [5.74, 6) is 0. The number of benzene rings is 1. The van der Waals surface area contributed by atoms with E-state index in [-0.39, 0.29) is 17.5 Å². The van der Waals surface area contributed by atoms with Crippen LogP contribution < -0.4 is 11.1 Å². The lowest BCUT2D eigenvalue weighted by Gasteiger charge is -2.19. The molecule has 0 heterocycles. The molecule has 0 amide bonds. The molecule has 20 heavy (non-hydrogen) atoms. The first-order valence-electron chi connectivity index (χ1n) is 6.52. The van der Waals surface area contributed by atoms with E-state index in [1.54, 1.807) is 6.07 Å². The number of sulfonamides is 1. The van der Waals surface area contributed by atoms with Crippen LogP contribution in [-0.4, -0.2) is 44.6 Å². The highest BCUT2D eigenvalue weighted by atomic mass is 32.2.